The van der Waals surface area contributed by atoms with Crippen LogP contribution < -0.4 is 10.1 Å². The molecule has 3 rings (SSSR count). The molecule has 0 aliphatic heterocycles. The SMILES string of the molecule is COc1ccc(/C=C/C(=O)Nc2nc(-c3cccs3)ns2)cc1. The molecule has 1 aromatic carbocycles. The molecule has 0 radical (unpaired) electrons. The number of anilines is 1. The third kappa shape index (κ3) is 4.02. The molecule has 5 nitrogen and oxygen atoms in total. The minimum Gasteiger partial charge on any atom is -0.497 e. The first-order valence-corrected chi connectivity index (χ1v) is 8.40. The number of hydrogen-bond donors (Lipinski definition) is 1. The molecule has 0 atom stereocenters. The topological polar surface area (TPSA) is 64.1 Å². The lowest BCUT2D eigenvalue weighted by molar-refractivity contribution is -0.111. The Kier molecular flexibility index (Phi) is 4.80. The number of thiophene rings is 1. The molecule has 2 aromatic heterocycles. The zero-order chi connectivity index (χ0) is 16.1. The van der Waals surface area contributed by atoms with Crippen LogP contribution in [0, 0.1) is 0 Å². The summed E-state index contributed by atoms with van der Waals surface area (Å²) in [6.07, 6.45) is 3.20. The second-order valence-corrected chi connectivity index (χ2v) is 6.20. The van der Waals surface area contributed by atoms with E-state index in [1.165, 1.54) is 17.6 Å². The maximum Gasteiger partial charge on any atom is 0.250 e. The van der Waals surface area contributed by atoms with Gasteiger partial charge in [-0.05, 0) is 35.2 Å². The second kappa shape index (κ2) is 7.17. The number of hydrogen-bond acceptors (Lipinski definition) is 6. The van der Waals surface area contributed by atoms with Crippen molar-refractivity contribution in [3.8, 4) is 16.5 Å². The van der Waals surface area contributed by atoms with Crippen molar-refractivity contribution >= 4 is 40.0 Å². The minimum atomic E-state index is -0.241. The number of aromatic nitrogens is 2. The van der Waals surface area contributed by atoms with Gasteiger partial charge in [-0.1, -0.05) is 18.2 Å². The van der Waals surface area contributed by atoms with Crippen LogP contribution in [0.15, 0.2) is 47.9 Å². The van der Waals surface area contributed by atoms with E-state index in [1.807, 2.05) is 41.8 Å². The highest BCUT2D eigenvalue weighted by molar-refractivity contribution is 7.14. The number of nitrogens with zero attached hydrogens (tertiary/aromatic N) is 2. The van der Waals surface area contributed by atoms with E-state index in [1.54, 1.807) is 24.5 Å². The summed E-state index contributed by atoms with van der Waals surface area (Å²) >= 11 is 2.73. The summed E-state index contributed by atoms with van der Waals surface area (Å²) in [6.45, 7) is 0. The number of nitrogens with one attached hydrogen (secondary N) is 1. The van der Waals surface area contributed by atoms with Gasteiger partial charge in [0.25, 0.3) is 0 Å². The van der Waals surface area contributed by atoms with Crippen molar-refractivity contribution in [3.05, 3.63) is 53.4 Å². The fourth-order valence-corrected chi connectivity index (χ4v) is 3.12. The average molecular weight is 343 g/mol. The minimum absolute atomic E-state index is 0.241. The predicted octanol–water partition coefficient (Wildman–Crippen LogP) is 3.93. The quantitative estimate of drug-likeness (QED) is 0.713. The monoisotopic (exact) mass is 343 g/mol. The number of benzene rings is 1. The molecule has 1 amide bonds. The largest absolute Gasteiger partial charge is 0.497 e. The van der Waals surface area contributed by atoms with E-state index in [0.29, 0.717) is 11.0 Å². The van der Waals surface area contributed by atoms with Gasteiger partial charge in [0, 0.05) is 17.6 Å². The van der Waals surface area contributed by atoms with E-state index in [2.05, 4.69) is 14.7 Å². The molecule has 0 fully saturated rings. The molecule has 2 heterocycles. The zero-order valence-electron chi connectivity index (χ0n) is 12.2. The van der Waals surface area contributed by atoms with Gasteiger partial charge in [0.2, 0.25) is 11.0 Å². The number of carbonyl (C=O) groups is 1. The first-order chi connectivity index (χ1) is 11.2. The Balaban J connectivity index is 1.61. The summed E-state index contributed by atoms with van der Waals surface area (Å²) in [4.78, 5) is 17.2. The summed E-state index contributed by atoms with van der Waals surface area (Å²) in [5.74, 6) is 1.18. The maximum absolute atomic E-state index is 11.9. The Morgan fingerprint density at radius 2 is 2.09 bits per heavy atom. The lowest BCUT2D eigenvalue weighted by Crippen LogP contribution is -2.07. The second-order valence-electron chi connectivity index (χ2n) is 4.50. The average Bonchev–Trinajstić information content (AvgIpc) is 3.24. The Morgan fingerprint density at radius 3 is 2.78 bits per heavy atom. The van der Waals surface area contributed by atoms with E-state index >= 15 is 0 Å². The van der Waals surface area contributed by atoms with Crippen molar-refractivity contribution in [2.24, 2.45) is 0 Å². The molecule has 1 N–H and O–H groups in total. The van der Waals surface area contributed by atoms with Gasteiger partial charge in [-0.25, -0.2) is 0 Å². The Labute approximate surface area is 141 Å². The van der Waals surface area contributed by atoms with Crippen molar-refractivity contribution in [3.63, 3.8) is 0 Å². The van der Waals surface area contributed by atoms with Crippen molar-refractivity contribution in [2.75, 3.05) is 12.4 Å². The van der Waals surface area contributed by atoms with E-state index in [0.717, 1.165) is 16.2 Å². The molecule has 0 saturated heterocycles. The first-order valence-electron chi connectivity index (χ1n) is 6.75. The highest BCUT2D eigenvalue weighted by Gasteiger charge is 2.08. The van der Waals surface area contributed by atoms with E-state index in [-0.39, 0.29) is 5.91 Å². The third-order valence-corrected chi connectivity index (χ3v) is 4.44. The van der Waals surface area contributed by atoms with Gasteiger partial charge in [0.05, 0.1) is 12.0 Å². The van der Waals surface area contributed by atoms with Crippen molar-refractivity contribution in [1.29, 1.82) is 0 Å². The molecular formula is C16H13N3O2S2. The lowest BCUT2D eigenvalue weighted by atomic mass is 10.2. The molecule has 0 aliphatic carbocycles. The van der Waals surface area contributed by atoms with Crippen LogP contribution in [0.25, 0.3) is 16.8 Å². The van der Waals surface area contributed by atoms with E-state index < -0.39 is 0 Å². The smallest absolute Gasteiger partial charge is 0.250 e. The first kappa shape index (κ1) is 15.4. The fourth-order valence-electron chi connectivity index (χ4n) is 1.81. The van der Waals surface area contributed by atoms with Crippen molar-refractivity contribution in [2.45, 2.75) is 0 Å². The maximum atomic E-state index is 11.9. The van der Waals surface area contributed by atoms with Crippen LogP contribution in [-0.2, 0) is 4.79 Å². The zero-order valence-corrected chi connectivity index (χ0v) is 13.9. The van der Waals surface area contributed by atoms with Gasteiger partial charge in [0.1, 0.15) is 5.75 Å². The van der Waals surface area contributed by atoms with Gasteiger partial charge in [-0.3, -0.25) is 10.1 Å². The van der Waals surface area contributed by atoms with Crippen LogP contribution in [-0.4, -0.2) is 22.4 Å². The molecule has 3 aromatic rings. The van der Waals surface area contributed by atoms with Crippen LogP contribution in [0.2, 0.25) is 0 Å². The summed E-state index contributed by atoms with van der Waals surface area (Å²) in [5.41, 5.74) is 0.914. The molecule has 0 unspecified atom stereocenters. The standard InChI is InChI=1S/C16H13N3O2S2/c1-21-12-7-4-11(5-8-12)6-9-14(20)17-16-18-15(19-23-16)13-3-2-10-22-13/h2-10H,1H3,(H,17,18,19,20)/b9-6+. The van der Waals surface area contributed by atoms with Crippen LogP contribution in [0.5, 0.6) is 5.75 Å². The summed E-state index contributed by atoms with van der Waals surface area (Å²) in [7, 11) is 1.62. The number of rotatable bonds is 5. The number of carbonyl (C=O) groups excluding carboxylic acids is 1. The summed E-state index contributed by atoms with van der Waals surface area (Å²) in [6, 6.07) is 11.3. The molecule has 0 aliphatic rings. The van der Waals surface area contributed by atoms with Gasteiger partial charge >= 0.3 is 0 Å². The Bertz CT molecular complexity index is 808. The third-order valence-electron chi connectivity index (χ3n) is 2.94. The predicted molar refractivity (Wildman–Crippen MR) is 93.9 cm³/mol. The number of ether oxygens (including phenoxy) is 1. The van der Waals surface area contributed by atoms with Gasteiger partial charge < -0.3 is 4.74 Å². The van der Waals surface area contributed by atoms with Crippen LogP contribution in [0.3, 0.4) is 0 Å². The molecule has 7 heteroatoms. The number of methoxy groups -OCH3 is 1. The van der Waals surface area contributed by atoms with E-state index in [9.17, 15) is 4.79 Å². The number of amides is 1. The van der Waals surface area contributed by atoms with Gasteiger partial charge in [-0.2, -0.15) is 9.36 Å². The molecular weight excluding hydrogens is 330 g/mol. The van der Waals surface area contributed by atoms with E-state index in [4.69, 9.17) is 4.74 Å². The Hall–Kier alpha value is -2.51. The Morgan fingerprint density at radius 1 is 1.26 bits per heavy atom. The molecule has 0 saturated carbocycles. The highest BCUT2D eigenvalue weighted by Crippen LogP contribution is 2.25. The molecule has 23 heavy (non-hydrogen) atoms. The molecule has 0 bridgehead atoms. The van der Waals surface area contributed by atoms with Crippen molar-refractivity contribution < 1.29 is 9.53 Å². The molecule has 0 spiro atoms. The lowest BCUT2D eigenvalue weighted by Gasteiger charge is -1.99. The van der Waals surface area contributed by atoms with Gasteiger partial charge in [0.15, 0.2) is 5.82 Å². The fraction of sp³-hybridized carbons (Fsp3) is 0.0625. The normalized spacial score (nSPS) is 10.8. The highest BCUT2D eigenvalue weighted by atomic mass is 32.1. The van der Waals surface area contributed by atoms with Crippen LogP contribution in [0.4, 0.5) is 5.13 Å². The molecule has 116 valence electrons. The summed E-state index contributed by atoms with van der Waals surface area (Å²) in [5, 5.41) is 5.16. The van der Waals surface area contributed by atoms with Gasteiger partial charge in [-0.15, -0.1) is 11.3 Å². The summed E-state index contributed by atoms with van der Waals surface area (Å²) < 4.78 is 9.33. The van der Waals surface area contributed by atoms with Crippen molar-refractivity contribution in [1.82, 2.24) is 9.36 Å². The van der Waals surface area contributed by atoms with Crippen LogP contribution >= 0.6 is 22.9 Å². The van der Waals surface area contributed by atoms with Crippen LogP contribution in [0.1, 0.15) is 5.56 Å².